The number of hydrogen-bond donors (Lipinski definition) is 1. The zero-order valence-electron chi connectivity index (χ0n) is 16.9. The molecular formula is C21H26N4O3S. The Morgan fingerprint density at radius 1 is 1.34 bits per heavy atom. The van der Waals surface area contributed by atoms with Gasteiger partial charge in [-0.3, -0.25) is 5.32 Å². The Labute approximate surface area is 174 Å². The number of hydrogen-bond acceptors (Lipinski definition) is 6. The highest BCUT2D eigenvalue weighted by Gasteiger charge is 2.27. The minimum atomic E-state index is -0.500. The standard InChI is InChI=1S/C20H24N4OS.CH2O2/c1-14(2)18-12-22-20(26-18)24-13-16(15-8-4-5-9-17(15)25-3)23-11-7-6-10-21-19(23)24;2-1-3/h4-5,8-9,12-14H,6-7,10-11H2,1-3H3;1H,(H,2,3). The molecule has 1 aromatic carbocycles. The zero-order chi connectivity index (χ0) is 20.8. The van der Waals surface area contributed by atoms with Gasteiger partial charge in [0.05, 0.1) is 38.2 Å². The molecular weight excluding hydrogens is 388 g/mol. The first kappa shape index (κ1) is 20.9. The van der Waals surface area contributed by atoms with Crippen molar-refractivity contribution in [3.63, 3.8) is 0 Å². The molecule has 7 nitrogen and oxygen atoms in total. The van der Waals surface area contributed by atoms with E-state index in [1.54, 1.807) is 18.4 Å². The van der Waals surface area contributed by atoms with Gasteiger partial charge in [0.1, 0.15) is 11.4 Å². The Bertz CT molecular complexity index is 965. The maximum atomic E-state index is 8.25. The summed E-state index contributed by atoms with van der Waals surface area (Å²) in [5, 5.41) is 12.9. The summed E-state index contributed by atoms with van der Waals surface area (Å²) in [6.07, 6.45) is 6.52. The molecule has 3 heterocycles. The lowest BCUT2D eigenvalue weighted by atomic mass is 10.1. The van der Waals surface area contributed by atoms with Crippen LogP contribution in [-0.2, 0) is 11.3 Å². The number of rotatable bonds is 4. The molecule has 0 saturated heterocycles. The number of fused-ring (bicyclic) bond motifs is 1. The van der Waals surface area contributed by atoms with Crippen LogP contribution >= 0.6 is 11.3 Å². The monoisotopic (exact) mass is 414 g/mol. The number of methoxy groups -OCH3 is 1. The van der Waals surface area contributed by atoms with Crippen molar-refractivity contribution >= 4 is 23.8 Å². The van der Waals surface area contributed by atoms with E-state index in [1.165, 1.54) is 11.3 Å². The molecule has 0 unspecified atom stereocenters. The Kier molecular flexibility index (Phi) is 6.87. The highest BCUT2D eigenvalue weighted by Crippen LogP contribution is 2.33. The third-order valence-electron chi connectivity index (χ3n) is 4.79. The molecule has 0 spiro atoms. The molecule has 4 rings (SSSR count). The van der Waals surface area contributed by atoms with Gasteiger partial charge in [-0.15, -0.1) is 4.98 Å². The van der Waals surface area contributed by atoms with Crippen LogP contribution in [0, 0.1) is 0 Å². The van der Waals surface area contributed by atoms with Gasteiger partial charge in [-0.25, -0.2) is 4.57 Å². The maximum Gasteiger partial charge on any atom is 0.322 e. The van der Waals surface area contributed by atoms with Crippen molar-refractivity contribution in [2.45, 2.75) is 39.2 Å². The number of carboxylic acid groups (broad SMARTS) is 1. The molecule has 2 aromatic heterocycles. The number of anilines is 1. The Hall–Kier alpha value is -2.87. The topological polar surface area (TPSA) is 83.1 Å². The van der Waals surface area contributed by atoms with Crippen molar-refractivity contribution in [2.24, 2.45) is 0 Å². The number of carbonyl (C=O) groups excluding carboxylic acids is 1. The van der Waals surface area contributed by atoms with Crippen molar-refractivity contribution in [3.05, 3.63) is 41.5 Å². The van der Waals surface area contributed by atoms with Gasteiger partial charge in [-0.05, 0) is 30.9 Å². The summed E-state index contributed by atoms with van der Waals surface area (Å²) < 4.78 is 10.2. The summed E-state index contributed by atoms with van der Waals surface area (Å²) in [7, 11) is 1.73. The van der Waals surface area contributed by atoms with Gasteiger partial charge in [0.15, 0.2) is 0 Å². The molecule has 8 heteroatoms. The van der Waals surface area contributed by atoms with Crippen LogP contribution in [0.2, 0.25) is 0 Å². The van der Waals surface area contributed by atoms with E-state index >= 15 is 0 Å². The molecule has 0 saturated carbocycles. The highest BCUT2D eigenvalue weighted by atomic mass is 32.1. The average molecular weight is 415 g/mol. The molecule has 0 atom stereocenters. The summed E-state index contributed by atoms with van der Waals surface area (Å²) in [5.74, 6) is 2.49. The van der Waals surface area contributed by atoms with Gasteiger partial charge in [0.25, 0.3) is 5.13 Å². The number of aromatic nitrogens is 3. The van der Waals surface area contributed by atoms with Crippen LogP contribution in [-0.4, -0.2) is 29.7 Å². The molecule has 154 valence electrons. The first-order valence-corrected chi connectivity index (χ1v) is 10.5. The first-order valence-electron chi connectivity index (χ1n) is 9.64. The Morgan fingerprint density at radius 3 is 2.79 bits per heavy atom. The molecule has 0 radical (unpaired) electrons. The Balaban J connectivity index is 0.000000755. The minimum Gasteiger partial charge on any atom is -0.554 e. The number of imidazole rings is 1. The van der Waals surface area contributed by atoms with Gasteiger partial charge in [0.2, 0.25) is 0 Å². The molecule has 1 aliphatic heterocycles. The molecule has 29 heavy (non-hydrogen) atoms. The van der Waals surface area contributed by atoms with Gasteiger partial charge >= 0.3 is 5.95 Å². The summed E-state index contributed by atoms with van der Waals surface area (Å²) in [6, 6.07) is 8.21. The van der Waals surface area contributed by atoms with Crippen LogP contribution in [0.25, 0.3) is 16.4 Å². The van der Waals surface area contributed by atoms with Crippen molar-refractivity contribution in [2.75, 3.05) is 19.0 Å². The van der Waals surface area contributed by atoms with Crippen LogP contribution in [0.5, 0.6) is 5.75 Å². The summed E-state index contributed by atoms with van der Waals surface area (Å²) in [6.45, 7) is 5.89. The van der Waals surface area contributed by atoms with Crippen LogP contribution < -0.4 is 19.7 Å². The second-order valence-corrected chi connectivity index (χ2v) is 8.03. The summed E-state index contributed by atoms with van der Waals surface area (Å²) >= 11 is 1.76. The summed E-state index contributed by atoms with van der Waals surface area (Å²) in [4.78, 5) is 14.2. The quantitative estimate of drug-likeness (QED) is 0.524. The largest absolute Gasteiger partial charge is 0.554 e. The predicted molar refractivity (Wildman–Crippen MR) is 112 cm³/mol. The van der Waals surface area contributed by atoms with E-state index in [4.69, 9.17) is 19.6 Å². The van der Waals surface area contributed by atoms with Crippen molar-refractivity contribution in [1.82, 2.24) is 9.55 Å². The zero-order valence-corrected chi connectivity index (χ0v) is 17.7. The Morgan fingerprint density at radius 2 is 2.10 bits per heavy atom. The lowest BCUT2D eigenvalue weighted by molar-refractivity contribution is -0.579. The van der Waals surface area contributed by atoms with E-state index in [2.05, 4.69) is 46.6 Å². The van der Waals surface area contributed by atoms with Crippen LogP contribution in [0.15, 0.2) is 36.7 Å². The number of nitrogens with zero attached hydrogens (tertiary/aromatic N) is 3. The third kappa shape index (κ3) is 4.42. The van der Waals surface area contributed by atoms with Crippen molar-refractivity contribution in [3.8, 4) is 22.1 Å². The number of ether oxygens (including phenoxy) is 1. The first-order chi connectivity index (χ1) is 14.1. The van der Waals surface area contributed by atoms with Crippen LogP contribution in [0.1, 0.15) is 37.5 Å². The fourth-order valence-corrected chi connectivity index (χ4v) is 4.27. The van der Waals surface area contributed by atoms with Gasteiger partial charge in [-0.1, -0.05) is 37.3 Å². The maximum absolute atomic E-state index is 8.25. The van der Waals surface area contributed by atoms with E-state index in [0.717, 1.165) is 47.6 Å². The normalized spacial score (nSPS) is 13.0. The number of nitrogens with one attached hydrogen (secondary N) is 1. The van der Waals surface area contributed by atoms with Gasteiger partial charge in [-0.2, -0.15) is 4.57 Å². The second kappa shape index (κ2) is 9.56. The predicted octanol–water partition coefficient (Wildman–Crippen LogP) is 2.59. The van der Waals surface area contributed by atoms with Crippen molar-refractivity contribution < 1.29 is 19.2 Å². The lowest BCUT2D eigenvalue weighted by Gasteiger charge is -2.08. The van der Waals surface area contributed by atoms with Crippen LogP contribution in [0.3, 0.4) is 0 Å². The smallest absolute Gasteiger partial charge is 0.322 e. The minimum absolute atomic E-state index is 0.490. The second-order valence-electron chi connectivity index (χ2n) is 6.99. The highest BCUT2D eigenvalue weighted by molar-refractivity contribution is 7.13. The number of para-hydroxylation sites is 1. The fourth-order valence-electron chi connectivity index (χ4n) is 3.37. The SMILES string of the molecule is COc1ccccc1-c1c[n+](-c2ncc(C(C)C)s2)c2n1CCCCN2.O=C[O-]. The molecule has 1 N–H and O–H groups in total. The number of carbonyl (C=O) groups is 1. The number of benzene rings is 1. The molecule has 0 bridgehead atoms. The van der Waals surface area contributed by atoms with E-state index < -0.39 is 6.47 Å². The molecule has 0 amide bonds. The van der Waals surface area contributed by atoms with Crippen molar-refractivity contribution in [1.29, 1.82) is 0 Å². The van der Waals surface area contributed by atoms with Gasteiger partial charge < -0.3 is 14.6 Å². The summed E-state index contributed by atoms with van der Waals surface area (Å²) in [5.41, 5.74) is 2.27. The molecule has 1 aliphatic rings. The fraction of sp³-hybridized carbons (Fsp3) is 0.381. The molecule has 0 fully saturated rings. The van der Waals surface area contributed by atoms with E-state index in [1.807, 2.05) is 18.3 Å². The lowest BCUT2D eigenvalue weighted by Crippen LogP contribution is -2.32. The average Bonchev–Trinajstić information content (AvgIpc) is 3.27. The van der Waals surface area contributed by atoms with E-state index in [9.17, 15) is 0 Å². The van der Waals surface area contributed by atoms with E-state index in [0.29, 0.717) is 5.92 Å². The third-order valence-corrected chi connectivity index (χ3v) is 6.08. The van der Waals surface area contributed by atoms with Gasteiger partial charge in [0, 0.05) is 11.3 Å². The van der Waals surface area contributed by atoms with Crippen LogP contribution in [0.4, 0.5) is 5.95 Å². The van der Waals surface area contributed by atoms with E-state index in [-0.39, 0.29) is 0 Å². The molecule has 3 aromatic rings. The number of thiazole rings is 1. The molecule has 0 aliphatic carbocycles.